The van der Waals surface area contributed by atoms with Gasteiger partial charge in [0.25, 0.3) is 5.69 Å². The minimum atomic E-state index is -0.427. The highest BCUT2D eigenvalue weighted by atomic mass is 32.2. The molecule has 1 aromatic carbocycles. The Hall–Kier alpha value is -1.60. The number of nitro benzene ring substituents is 1. The van der Waals surface area contributed by atoms with Crippen molar-refractivity contribution in [3.05, 3.63) is 34.4 Å². The molecular formula is C13H17N3O3S. The summed E-state index contributed by atoms with van der Waals surface area (Å²) in [5.41, 5.74) is 0.0692. The monoisotopic (exact) mass is 295 g/mol. The number of amides is 1. The van der Waals surface area contributed by atoms with Gasteiger partial charge in [-0.2, -0.15) is 0 Å². The van der Waals surface area contributed by atoms with Crippen LogP contribution in [0.15, 0.2) is 29.2 Å². The first-order valence-electron chi connectivity index (χ1n) is 6.40. The highest BCUT2D eigenvalue weighted by Gasteiger charge is 2.18. The van der Waals surface area contributed by atoms with Gasteiger partial charge in [0.2, 0.25) is 5.91 Å². The molecule has 0 saturated carbocycles. The molecule has 6 nitrogen and oxygen atoms in total. The van der Waals surface area contributed by atoms with Crippen molar-refractivity contribution in [2.45, 2.75) is 4.90 Å². The number of hydrogen-bond donors (Lipinski definition) is 0. The lowest BCUT2D eigenvalue weighted by Crippen LogP contribution is -2.47. The Morgan fingerprint density at radius 1 is 1.25 bits per heavy atom. The highest BCUT2D eigenvalue weighted by Crippen LogP contribution is 2.21. The van der Waals surface area contributed by atoms with E-state index < -0.39 is 4.92 Å². The van der Waals surface area contributed by atoms with E-state index in [0.29, 0.717) is 5.75 Å². The Morgan fingerprint density at radius 3 is 2.40 bits per heavy atom. The number of hydrogen-bond acceptors (Lipinski definition) is 5. The predicted molar refractivity (Wildman–Crippen MR) is 77.9 cm³/mol. The van der Waals surface area contributed by atoms with E-state index in [0.717, 1.165) is 31.1 Å². The maximum absolute atomic E-state index is 12.0. The first kappa shape index (κ1) is 14.8. The number of carbonyl (C=O) groups is 1. The number of nitrogens with zero attached hydrogens (tertiary/aromatic N) is 3. The molecule has 108 valence electrons. The first-order chi connectivity index (χ1) is 9.56. The standard InChI is InChI=1S/C13H17N3O3S/c1-14-6-8-15(9-7-14)13(17)10-20-12-4-2-11(3-5-12)16(18)19/h2-5H,6-10H2,1H3. The fraction of sp³-hybridized carbons (Fsp3) is 0.462. The van der Waals surface area contributed by atoms with Gasteiger partial charge in [0.15, 0.2) is 0 Å². The molecule has 0 spiro atoms. The van der Waals surface area contributed by atoms with Crippen LogP contribution in [-0.2, 0) is 4.79 Å². The van der Waals surface area contributed by atoms with Gasteiger partial charge < -0.3 is 9.80 Å². The number of benzene rings is 1. The molecule has 0 aromatic heterocycles. The molecule has 2 rings (SSSR count). The summed E-state index contributed by atoms with van der Waals surface area (Å²) in [6.07, 6.45) is 0. The van der Waals surface area contributed by atoms with Gasteiger partial charge in [-0.25, -0.2) is 0 Å². The Balaban J connectivity index is 1.82. The molecule has 7 heteroatoms. The van der Waals surface area contributed by atoms with E-state index in [1.165, 1.54) is 23.9 Å². The third-order valence-electron chi connectivity index (χ3n) is 3.27. The van der Waals surface area contributed by atoms with Crippen LogP contribution in [0.3, 0.4) is 0 Å². The van der Waals surface area contributed by atoms with Crippen molar-refractivity contribution in [1.82, 2.24) is 9.80 Å². The first-order valence-corrected chi connectivity index (χ1v) is 7.38. The second-order valence-corrected chi connectivity index (χ2v) is 5.77. The van der Waals surface area contributed by atoms with Crippen molar-refractivity contribution >= 4 is 23.4 Å². The summed E-state index contributed by atoms with van der Waals surface area (Å²) in [5.74, 6) is 0.503. The summed E-state index contributed by atoms with van der Waals surface area (Å²) < 4.78 is 0. The van der Waals surface area contributed by atoms with Crippen LogP contribution in [0.5, 0.6) is 0 Å². The quantitative estimate of drug-likeness (QED) is 0.478. The zero-order valence-corrected chi connectivity index (χ0v) is 12.1. The minimum Gasteiger partial charge on any atom is -0.339 e. The van der Waals surface area contributed by atoms with Crippen LogP contribution >= 0.6 is 11.8 Å². The van der Waals surface area contributed by atoms with Crippen LogP contribution in [-0.4, -0.2) is 59.6 Å². The normalized spacial score (nSPS) is 16.1. The molecule has 1 fully saturated rings. The van der Waals surface area contributed by atoms with Crippen molar-refractivity contribution < 1.29 is 9.72 Å². The summed E-state index contributed by atoms with van der Waals surface area (Å²) in [6.45, 7) is 3.37. The summed E-state index contributed by atoms with van der Waals surface area (Å²) in [4.78, 5) is 27.1. The van der Waals surface area contributed by atoms with E-state index >= 15 is 0 Å². The maximum atomic E-state index is 12.0. The Labute approximate surface area is 121 Å². The van der Waals surface area contributed by atoms with E-state index in [1.807, 2.05) is 11.9 Å². The van der Waals surface area contributed by atoms with Gasteiger partial charge in [-0.1, -0.05) is 0 Å². The van der Waals surface area contributed by atoms with Gasteiger partial charge in [0, 0.05) is 43.2 Å². The van der Waals surface area contributed by atoms with Crippen LogP contribution in [0, 0.1) is 10.1 Å². The molecule has 1 aromatic rings. The number of carbonyl (C=O) groups excluding carboxylic acids is 1. The zero-order valence-electron chi connectivity index (χ0n) is 11.3. The SMILES string of the molecule is CN1CCN(C(=O)CSc2ccc([N+](=O)[O-])cc2)CC1. The van der Waals surface area contributed by atoms with Gasteiger partial charge in [-0.3, -0.25) is 14.9 Å². The summed E-state index contributed by atoms with van der Waals surface area (Å²) in [5, 5.41) is 10.5. The molecule has 1 heterocycles. The molecule has 1 amide bonds. The molecule has 0 N–H and O–H groups in total. The molecule has 0 bridgehead atoms. The van der Waals surface area contributed by atoms with Crippen molar-refractivity contribution in [1.29, 1.82) is 0 Å². The van der Waals surface area contributed by atoms with E-state index in [-0.39, 0.29) is 11.6 Å². The van der Waals surface area contributed by atoms with Crippen LogP contribution in [0.4, 0.5) is 5.69 Å². The number of nitro groups is 1. The number of thioether (sulfide) groups is 1. The van der Waals surface area contributed by atoms with Crippen LogP contribution in [0.1, 0.15) is 0 Å². The average Bonchev–Trinajstić information content (AvgIpc) is 2.46. The van der Waals surface area contributed by atoms with E-state index in [9.17, 15) is 14.9 Å². The topological polar surface area (TPSA) is 66.7 Å². The van der Waals surface area contributed by atoms with Crippen molar-refractivity contribution in [2.75, 3.05) is 39.0 Å². The van der Waals surface area contributed by atoms with Crippen molar-refractivity contribution in [3.63, 3.8) is 0 Å². The molecule has 0 atom stereocenters. The summed E-state index contributed by atoms with van der Waals surface area (Å²) in [6, 6.07) is 6.28. The Morgan fingerprint density at radius 2 is 1.85 bits per heavy atom. The lowest BCUT2D eigenvalue weighted by molar-refractivity contribution is -0.384. The number of rotatable bonds is 4. The molecule has 0 radical (unpaired) electrons. The van der Waals surface area contributed by atoms with Gasteiger partial charge in [0.05, 0.1) is 10.7 Å². The fourth-order valence-electron chi connectivity index (χ4n) is 1.96. The maximum Gasteiger partial charge on any atom is 0.269 e. The Bertz CT molecular complexity index is 484. The second kappa shape index (κ2) is 6.71. The van der Waals surface area contributed by atoms with Gasteiger partial charge in [-0.15, -0.1) is 11.8 Å². The summed E-state index contributed by atoms with van der Waals surface area (Å²) in [7, 11) is 2.05. The molecule has 0 unspecified atom stereocenters. The van der Waals surface area contributed by atoms with Crippen LogP contribution < -0.4 is 0 Å². The Kier molecular flexibility index (Phi) is 4.97. The predicted octanol–water partition coefficient (Wildman–Crippen LogP) is 1.46. The highest BCUT2D eigenvalue weighted by molar-refractivity contribution is 8.00. The largest absolute Gasteiger partial charge is 0.339 e. The molecule has 1 saturated heterocycles. The number of non-ortho nitro benzene ring substituents is 1. The zero-order chi connectivity index (χ0) is 14.5. The van der Waals surface area contributed by atoms with Crippen LogP contribution in [0.25, 0.3) is 0 Å². The van der Waals surface area contributed by atoms with Crippen molar-refractivity contribution in [2.24, 2.45) is 0 Å². The van der Waals surface area contributed by atoms with Gasteiger partial charge in [0.1, 0.15) is 0 Å². The molecule has 20 heavy (non-hydrogen) atoms. The van der Waals surface area contributed by atoms with Crippen LogP contribution in [0.2, 0.25) is 0 Å². The minimum absolute atomic E-state index is 0.0692. The molecule has 1 aliphatic rings. The average molecular weight is 295 g/mol. The second-order valence-electron chi connectivity index (χ2n) is 4.72. The molecule has 1 aliphatic heterocycles. The lowest BCUT2D eigenvalue weighted by atomic mass is 10.3. The molecule has 0 aliphatic carbocycles. The van der Waals surface area contributed by atoms with Gasteiger partial charge >= 0.3 is 0 Å². The van der Waals surface area contributed by atoms with E-state index in [4.69, 9.17) is 0 Å². The lowest BCUT2D eigenvalue weighted by Gasteiger charge is -2.32. The third-order valence-corrected chi connectivity index (χ3v) is 4.26. The summed E-state index contributed by atoms with van der Waals surface area (Å²) >= 11 is 1.42. The fourth-order valence-corrected chi connectivity index (χ4v) is 2.76. The van der Waals surface area contributed by atoms with E-state index in [2.05, 4.69) is 4.90 Å². The third kappa shape index (κ3) is 3.94. The smallest absolute Gasteiger partial charge is 0.269 e. The molecular weight excluding hydrogens is 278 g/mol. The van der Waals surface area contributed by atoms with E-state index in [1.54, 1.807) is 12.1 Å². The van der Waals surface area contributed by atoms with Gasteiger partial charge in [-0.05, 0) is 19.2 Å². The number of likely N-dealkylation sites (N-methyl/N-ethyl adjacent to an activating group) is 1. The number of piperazine rings is 1. The van der Waals surface area contributed by atoms with Crippen molar-refractivity contribution in [3.8, 4) is 0 Å².